The molecule has 0 unspecified atom stereocenters. The van der Waals surface area contributed by atoms with Crippen LogP contribution in [0.5, 0.6) is 0 Å². The molecule has 0 saturated carbocycles. The topological polar surface area (TPSA) is 93.3 Å². The summed E-state index contributed by atoms with van der Waals surface area (Å²) in [5, 5.41) is 0.575. The molecule has 8 heteroatoms. The first-order valence-electron chi connectivity index (χ1n) is 9.01. The molecule has 2 aromatic carbocycles. The van der Waals surface area contributed by atoms with E-state index in [4.69, 9.17) is 4.74 Å². The maximum absolute atomic E-state index is 13.4. The standard InChI is InChI=1S/C22H13NO5S2/c1-28-21(26)11-8-6-10(7-9-11)14-15-16(24)12-4-2-3-5-13(12)17(25)18(15)29-20-19(14)30-22(27)23-20/h2-9,14H,1H3,(H,23,27)/t14-/m0/s1. The minimum absolute atomic E-state index is 0.221. The average molecular weight is 435 g/mol. The average Bonchev–Trinajstić information content (AvgIpc) is 3.15. The quantitative estimate of drug-likeness (QED) is 0.616. The Hall–Kier alpha value is -3.23. The summed E-state index contributed by atoms with van der Waals surface area (Å²) in [5.41, 5.74) is 2.20. The van der Waals surface area contributed by atoms with Crippen molar-refractivity contribution < 1.29 is 19.1 Å². The molecule has 0 radical (unpaired) electrons. The van der Waals surface area contributed by atoms with Crippen LogP contribution in [0.1, 0.15) is 47.4 Å². The van der Waals surface area contributed by atoms with Crippen LogP contribution in [-0.2, 0) is 4.74 Å². The van der Waals surface area contributed by atoms with Crippen LogP contribution >= 0.6 is 23.1 Å². The van der Waals surface area contributed by atoms with Crippen LogP contribution in [0.2, 0.25) is 0 Å². The third-order valence-electron chi connectivity index (χ3n) is 5.17. The number of aromatic amines is 1. The van der Waals surface area contributed by atoms with Gasteiger partial charge in [0.05, 0.1) is 33.4 Å². The number of aromatic nitrogens is 1. The molecule has 3 aromatic rings. The number of thiazole rings is 1. The molecule has 0 bridgehead atoms. The van der Waals surface area contributed by atoms with E-state index < -0.39 is 11.9 Å². The SMILES string of the molecule is COC(=O)c1ccc([C@H]2C3=C(Sc4[nH]c(=O)sc42)C(=O)c2ccccc2C3=O)cc1. The second-order valence-corrected chi connectivity index (χ2v) is 8.84. The Morgan fingerprint density at radius 3 is 2.30 bits per heavy atom. The zero-order chi connectivity index (χ0) is 21.0. The molecule has 30 heavy (non-hydrogen) atoms. The number of thioether (sulfide) groups is 1. The number of ether oxygens (including phenoxy) is 1. The smallest absolute Gasteiger partial charge is 0.337 e. The van der Waals surface area contributed by atoms with E-state index in [0.717, 1.165) is 23.1 Å². The molecular weight excluding hydrogens is 422 g/mol. The number of H-pyrrole nitrogens is 1. The monoisotopic (exact) mass is 435 g/mol. The number of hydrogen-bond donors (Lipinski definition) is 1. The van der Waals surface area contributed by atoms with Crippen molar-refractivity contribution in [3.8, 4) is 0 Å². The van der Waals surface area contributed by atoms with Gasteiger partial charge in [0, 0.05) is 16.7 Å². The predicted molar refractivity (Wildman–Crippen MR) is 113 cm³/mol. The molecular formula is C22H13NO5S2. The number of rotatable bonds is 2. The van der Waals surface area contributed by atoms with Crippen LogP contribution in [-0.4, -0.2) is 29.6 Å². The lowest BCUT2D eigenvalue weighted by atomic mass is 9.79. The third-order valence-corrected chi connectivity index (χ3v) is 7.39. The highest BCUT2D eigenvalue weighted by Crippen LogP contribution is 2.51. The number of methoxy groups -OCH3 is 1. The van der Waals surface area contributed by atoms with E-state index >= 15 is 0 Å². The minimum Gasteiger partial charge on any atom is -0.465 e. The van der Waals surface area contributed by atoms with Gasteiger partial charge in [0.1, 0.15) is 0 Å². The molecule has 1 atom stereocenters. The predicted octanol–water partition coefficient (Wildman–Crippen LogP) is 3.79. The van der Waals surface area contributed by atoms with Crippen molar-refractivity contribution >= 4 is 40.6 Å². The van der Waals surface area contributed by atoms with Gasteiger partial charge in [-0.1, -0.05) is 59.5 Å². The number of benzene rings is 2. The van der Waals surface area contributed by atoms with Crippen LogP contribution in [0, 0.1) is 0 Å². The zero-order valence-electron chi connectivity index (χ0n) is 15.6. The second-order valence-electron chi connectivity index (χ2n) is 6.80. The van der Waals surface area contributed by atoms with Gasteiger partial charge in [-0.3, -0.25) is 14.4 Å². The Bertz CT molecular complexity index is 1330. The van der Waals surface area contributed by atoms with Gasteiger partial charge in [0.25, 0.3) is 0 Å². The molecule has 0 spiro atoms. The molecule has 1 aromatic heterocycles. The van der Waals surface area contributed by atoms with Gasteiger partial charge in [-0.15, -0.1) is 0 Å². The summed E-state index contributed by atoms with van der Waals surface area (Å²) in [6, 6.07) is 13.4. The number of fused-ring (bicyclic) bond motifs is 2. The van der Waals surface area contributed by atoms with Crippen molar-refractivity contribution in [1.29, 1.82) is 0 Å². The van der Waals surface area contributed by atoms with Crippen molar-refractivity contribution in [1.82, 2.24) is 4.98 Å². The lowest BCUT2D eigenvalue weighted by Crippen LogP contribution is -2.27. The van der Waals surface area contributed by atoms with Gasteiger partial charge in [0.2, 0.25) is 5.78 Å². The summed E-state index contributed by atoms with van der Waals surface area (Å²) in [4.78, 5) is 54.1. The number of nitrogens with one attached hydrogen (secondary N) is 1. The van der Waals surface area contributed by atoms with Gasteiger partial charge in [-0.05, 0) is 17.7 Å². The Labute approximate surface area is 178 Å². The molecule has 2 heterocycles. The molecule has 1 N–H and O–H groups in total. The number of allylic oxidation sites excluding steroid dienone is 2. The number of hydrogen-bond acceptors (Lipinski definition) is 7. The van der Waals surface area contributed by atoms with Crippen molar-refractivity contribution in [2.45, 2.75) is 10.9 Å². The number of carbonyl (C=O) groups excluding carboxylic acids is 3. The van der Waals surface area contributed by atoms with E-state index in [0.29, 0.717) is 42.6 Å². The summed E-state index contributed by atoms with van der Waals surface area (Å²) >= 11 is 2.16. The summed E-state index contributed by atoms with van der Waals surface area (Å²) < 4.78 is 4.74. The highest BCUT2D eigenvalue weighted by Gasteiger charge is 2.42. The van der Waals surface area contributed by atoms with Crippen molar-refractivity contribution in [3.05, 3.63) is 95.8 Å². The van der Waals surface area contributed by atoms with E-state index in [-0.39, 0.29) is 16.4 Å². The van der Waals surface area contributed by atoms with Crippen molar-refractivity contribution in [3.63, 3.8) is 0 Å². The number of esters is 1. The fourth-order valence-electron chi connectivity index (χ4n) is 3.81. The first-order chi connectivity index (χ1) is 14.5. The lowest BCUT2D eigenvalue weighted by Gasteiger charge is -2.30. The summed E-state index contributed by atoms with van der Waals surface area (Å²) in [5.74, 6) is -1.48. The Balaban J connectivity index is 1.72. The van der Waals surface area contributed by atoms with Crippen LogP contribution in [0.15, 0.2) is 68.8 Å². The van der Waals surface area contributed by atoms with Crippen LogP contribution in [0.4, 0.5) is 0 Å². The van der Waals surface area contributed by atoms with Gasteiger partial charge >= 0.3 is 10.8 Å². The van der Waals surface area contributed by atoms with E-state index in [9.17, 15) is 19.2 Å². The molecule has 5 rings (SSSR count). The minimum atomic E-state index is -0.572. The first kappa shape index (κ1) is 18.8. The molecule has 148 valence electrons. The highest BCUT2D eigenvalue weighted by molar-refractivity contribution is 8.04. The number of ketones is 2. The molecule has 6 nitrogen and oxygen atoms in total. The van der Waals surface area contributed by atoms with E-state index in [1.807, 2.05) is 0 Å². The third kappa shape index (κ3) is 2.72. The summed E-state index contributed by atoms with van der Waals surface area (Å²) in [6.07, 6.45) is 0. The highest BCUT2D eigenvalue weighted by atomic mass is 32.2. The summed E-state index contributed by atoms with van der Waals surface area (Å²) in [7, 11) is 1.30. The zero-order valence-corrected chi connectivity index (χ0v) is 17.2. The Kier molecular flexibility index (Phi) is 4.34. The van der Waals surface area contributed by atoms with E-state index in [2.05, 4.69) is 4.98 Å². The molecule has 1 aliphatic heterocycles. The first-order valence-corrected chi connectivity index (χ1v) is 10.6. The number of carbonyl (C=O) groups is 3. The van der Waals surface area contributed by atoms with Crippen LogP contribution in [0.3, 0.4) is 0 Å². The largest absolute Gasteiger partial charge is 0.465 e. The van der Waals surface area contributed by atoms with Crippen LogP contribution < -0.4 is 4.87 Å². The number of Topliss-reactive ketones (excluding diaryl/α,β-unsaturated/α-hetero) is 2. The van der Waals surface area contributed by atoms with Gasteiger partial charge in [-0.2, -0.15) is 0 Å². The maximum atomic E-state index is 13.4. The molecule has 1 aliphatic carbocycles. The Morgan fingerprint density at radius 2 is 1.63 bits per heavy atom. The second kappa shape index (κ2) is 6.93. The fourth-order valence-corrected chi connectivity index (χ4v) is 6.08. The molecule has 0 fully saturated rings. The van der Waals surface area contributed by atoms with E-state index in [1.165, 1.54) is 7.11 Å². The fraction of sp³-hybridized carbons (Fsp3) is 0.0909. The maximum Gasteiger partial charge on any atom is 0.337 e. The molecule has 0 amide bonds. The van der Waals surface area contributed by atoms with Crippen molar-refractivity contribution in [2.75, 3.05) is 7.11 Å². The van der Waals surface area contributed by atoms with E-state index in [1.54, 1.807) is 48.5 Å². The van der Waals surface area contributed by atoms with Crippen molar-refractivity contribution in [2.24, 2.45) is 0 Å². The normalized spacial score (nSPS) is 17.3. The van der Waals surface area contributed by atoms with Gasteiger partial charge < -0.3 is 9.72 Å². The summed E-state index contributed by atoms with van der Waals surface area (Å²) in [6.45, 7) is 0. The van der Waals surface area contributed by atoms with Gasteiger partial charge in [-0.25, -0.2) is 4.79 Å². The Morgan fingerprint density at radius 1 is 0.967 bits per heavy atom. The molecule has 0 saturated heterocycles. The van der Waals surface area contributed by atoms with Gasteiger partial charge in [0.15, 0.2) is 5.78 Å². The molecule has 2 aliphatic rings. The van der Waals surface area contributed by atoms with Crippen LogP contribution in [0.25, 0.3) is 0 Å². The lowest BCUT2D eigenvalue weighted by molar-refractivity contribution is 0.0600.